The summed E-state index contributed by atoms with van der Waals surface area (Å²) in [6.07, 6.45) is 0.760. The van der Waals surface area contributed by atoms with Crippen molar-refractivity contribution in [3.8, 4) is 0 Å². The Kier molecular flexibility index (Phi) is 5.27. The summed E-state index contributed by atoms with van der Waals surface area (Å²) in [5.74, 6) is 0.260. The Balaban J connectivity index is 1.49. The Morgan fingerprint density at radius 2 is 2.16 bits per heavy atom. The number of benzene rings is 1. The third-order valence-electron chi connectivity index (χ3n) is 5.12. The van der Waals surface area contributed by atoms with Crippen LogP contribution in [0, 0.1) is 0 Å². The van der Waals surface area contributed by atoms with Crippen molar-refractivity contribution < 1.29 is 22.4 Å². The average Bonchev–Trinajstić information content (AvgIpc) is 3.43. The number of fused-ring (bicyclic) bond motifs is 2. The van der Waals surface area contributed by atoms with Crippen LogP contribution in [0.4, 0.5) is 5.82 Å². The molecule has 1 fully saturated rings. The first-order chi connectivity index (χ1) is 15.3. The highest BCUT2D eigenvalue weighted by Crippen LogP contribution is 2.40. The maximum atomic E-state index is 11.1. The van der Waals surface area contributed by atoms with Gasteiger partial charge in [0.1, 0.15) is 23.3 Å². The van der Waals surface area contributed by atoms with Gasteiger partial charge in [-0.25, -0.2) is 19.8 Å². The molecule has 0 unspecified atom stereocenters. The first-order valence-electron chi connectivity index (χ1n) is 9.53. The maximum absolute atomic E-state index is 11.1. The van der Waals surface area contributed by atoms with E-state index >= 15 is 0 Å². The van der Waals surface area contributed by atoms with Crippen LogP contribution in [0.3, 0.4) is 0 Å². The lowest BCUT2D eigenvalue weighted by molar-refractivity contribution is -0.0415. The van der Waals surface area contributed by atoms with Gasteiger partial charge in [-0.3, -0.25) is 4.18 Å². The highest BCUT2D eigenvalue weighted by molar-refractivity contribution is 7.99. The molecular formula is C18H19N7O5S2. The smallest absolute Gasteiger partial charge is 0.333 e. The number of anilines is 1. The number of H-pyrrole nitrogens is 1. The molecule has 168 valence electrons. The zero-order valence-electron chi connectivity index (χ0n) is 16.5. The van der Waals surface area contributed by atoms with Gasteiger partial charge < -0.3 is 20.6 Å². The quantitative estimate of drug-likeness (QED) is 0.311. The van der Waals surface area contributed by atoms with Crippen LogP contribution in [0.2, 0.25) is 0 Å². The lowest BCUT2D eigenvalue weighted by Crippen LogP contribution is -2.30. The number of aliphatic hydroxyl groups excluding tert-OH is 1. The second-order valence-corrected chi connectivity index (χ2v) is 9.47. The number of hydrogen-bond acceptors (Lipinski definition) is 10. The van der Waals surface area contributed by atoms with E-state index in [0.29, 0.717) is 16.1 Å². The standard InChI is InChI=1S/C18H19N7O5S2/c19-16-15-17(23-8-22-16)25(14-5-11(26)12(30-14)7-29-32(20,27)28)24-18(15)31-13-6-21-10-4-2-1-3-9(10)13/h1-4,6,8,11-12,14,21,26H,5,7H2,(H2,19,22,23)(H2,20,27,28)/t11-,12+,14+/m0/s1. The van der Waals surface area contributed by atoms with Gasteiger partial charge >= 0.3 is 10.3 Å². The lowest BCUT2D eigenvalue weighted by Gasteiger charge is -2.14. The second kappa shape index (κ2) is 7.99. The number of nitrogens with zero attached hydrogens (tertiary/aromatic N) is 4. The van der Waals surface area contributed by atoms with E-state index in [-0.39, 0.29) is 12.2 Å². The summed E-state index contributed by atoms with van der Waals surface area (Å²) in [6, 6.07) is 7.87. The molecule has 12 nitrogen and oxygen atoms in total. The van der Waals surface area contributed by atoms with E-state index in [1.54, 1.807) is 0 Å². The van der Waals surface area contributed by atoms with Crippen molar-refractivity contribution in [2.24, 2.45) is 5.14 Å². The molecule has 14 heteroatoms. The van der Waals surface area contributed by atoms with Crippen LogP contribution in [0.25, 0.3) is 21.9 Å². The fourth-order valence-corrected chi connectivity index (χ4v) is 5.01. The van der Waals surface area contributed by atoms with Gasteiger partial charge in [0.05, 0.1) is 18.1 Å². The van der Waals surface area contributed by atoms with Crippen molar-refractivity contribution in [2.75, 3.05) is 12.3 Å². The van der Waals surface area contributed by atoms with Gasteiger partial charge in [-0.2, -0.15) is 13.5 Å². The SMILES string of the molecule is Nc1ncnc2c1c(Sc1c[nH]c3ccccc13)nn2[C@H]1C[C@H](O)[C@@H](COS(N)(=O)=O)O1. The highest BCUT2D eigenvalue weighted by atomic mass is 32.2. The molecule has 0 saturated carbocycles. The minimum Gasteiger partial charge on any atom is -0.390 e. The predicted molar refractivity (Wildman–Crippen MR) is 116 cm³/mol. The Morgan fingerprint density at radius 3 is 2.97 bits per heavy atom. The number of aliphatic hydroxyl groups is 1. The zero-order chi connectivity index (χ0) is 22.5. The molecule has 32 heavy (non-hydrogen) atoms. The van der Waals surface area contributed by atoms with E-state index in [1.807, 2.05) is 30.5 Å². The third-order valence-corrected chi connectivity index (χ3v) is 6.62. The average molecular weight is 478 g/mol. The molecular weight excluding hydrogens is 458 g/mol. The first kappa shape index (κ1) is 21.1. The number of ether oxygens (including phenoxy) is 1. The third kappa shape index (κ3) is 3.92. The molecule has 4 heterocycles. The number of nitrogen functional groups attached to an aromatic ring is 1. The molecule has 3 aromatic heterocycles. The fourth-order valence-electron chi connectivity index (χ4n) is 3.65. The molecule has 0 spiro atoms. The van der Waals surface area contributed by atoms with Crippen molar-refractivity contribution >= 4 is 49.8 Å². The molecule has 1 aliphatic heterocycles. The van der Waals surface area contributed by atoms with E-state index < -0.39 is 35.3 Å². The molecule has 0 radical (unpaired) electrons. The van der Waals surface area contributed by atoms with E-state index in [4.69, 9.17) is 15.6 Å². The topological polar surface area (TPSA) is 184 Å². The van der Waals surface area contributed by atoms with Crippen LogP contribution in [0.1, 0.15) is 12.6 Å². The van der Waals surface area contributed by atoms with Crippen LogP contribution < -0.4 is 10.9 Å². The summed E-state index contributed by atoms with van der Waals surface area (Å²) in [6.45, 7) is -0.413. The normalized spacial score (nSPS) is 21.6. The maximum Gasteiger partial charge on any atom is 0.333 e. The summed E-state index contributed by atoms with van der Waals surface area (Å²) < 4.78 is 34.0. The minimum atomic E-state index is -4.16. The van der Waals surface area contributed by atoms with Crippen LogP contribution in [0.15, 0.2) is 46.7 Å². The minimum absolute atomic E-state index is 0.149. The number of nitrogens with one attached hydrogen (secondary N) is 1. The number of hydrogen-bond donors (Lipinski definition) is 4. The van der Waals surface area contributed by atoms with Crippen LogP contribution >= 0.6 is 11.8 Å². The number of para-hydroxylation sites is 1. The monoisotopic (exact) mass is 477 g/mol. The van der Waals surface area contributed by atoms with E-state index in [0.717, 1.165) is 15.8 Å². The van der Waals surface area contributed by atoms with E-state index in [9.17, 15) is 13.5 Å². The van der Waals surface area contributed by atoms with E-state index in [1.165, 1.54) is 22.8 Å². The Hall–Kier alpha value is -2.75. The molecule has 1 aliphatic rings. The largest absolute Gasteiger partial charge is 0.390 e. The second-order valence-electron chi connectivity index (χ2n) is 7.22. The van der Waals surface area contributed by atoms with Crippen molar-refractivity contribution in [3.63, 3.8) is 0 Å². The zero-order valence-corrected chi connectivity index (χ0v) is 18.1. The van der Waals surface area contributed by atoms with Crippen molar-refractivity contribution in [1.29, 1.82) is 0 Å². The van der Waals surface area contributed by atoms with Crippen LogP contribution in [-0.4, -0.2) is 57.1 Å². The summed E-state index contributed by atoms with van der Waals surface area (Å²) >= 11 is 1.40. The van der Waals surface area contributed by atoms with Crippen molar-refractivity contribution in [1.82, 2.24) is 24.7 Å². The first-order valence-corrected chi connectivity index (χ1v) is 11.8. The molecule has 3 atom stereocenters. The number of aromatic nitrogens is 5. The fraction of sp³-hybridized carbons (Fsp3) is 0.278. The molecule has 0 bridgehead atoms. The van der Waals surface area contributed by atoms with Crippen LogP contribution in [-0.2, 0) is 19.2 Å². The molecule has 5 rings (SSSR count). The summed E-state index contributed by atoms with van der Waals surface area (Å²) in [7, 11) is -4.16. The molecule has 6 N–H and O–H groups in total. The van der Waals surface area contributed by atoms with Gasteiger partial charge in [0.25, 0.3) is 0 Å². The predicted octanol–water partition coefficient (Wildman–Crippen LogP) is 0.909. The molecule has 1 aromatic carbocycles. The van der Waals surface area contributed by atoms with Gasteiger partial charge in [-0.15, -0.1) is 0 Å². The summed E-state index contributed by atoms with van der Waals surface area (Å²) in [5, 5.41) is 22.0. The summed E-state index contributed by atoms with van der Waals surface area (Å²) in [4.78, 5) is 12.6. The Bertz CT molecular complexity index is 1400. The Morgan fingerprint density at radius 1 is 1.34 bits per heavy atom. The van der Waals surface area contributed by atoms with Gasteiger partial charge in [0, 0.05) is 28.4 Å². The lowest BCUT2D eigenvalue weighted by atomic mass is 10.2. The number of nitrogens with two attached hydrogens (primary N) is 2. The van der Waals surface area contributed by atoms with Crippen molar-refractivity contribution in [2.45, 2.75) is 34.8 Å². The molecule has 4 aromatic rings. The summed E-state index contributed by atoms with van der Waals surface area (Å²) in [5.41, 5.74) is 7.57. The molecule has 0 aliphatic carbocycles. The van der Waals surface area contributed by atoms with Gasteiger partial charge in [-0.1, -0.05) is 30.0 Å². The highest BCUT2D eigenvalue weighted by Gasteiger charge is 2.38. The van der Waals surface area contributed by atoms with Gasteiger partial charge in [0.2, 0.25) is 0 Å². The number of aromatic amines is 1. The van der Waals surface area contributed by atoms with Crippen LogP contribution in [0.5, 0.6) is 0 Å². The number of rotatable bonds is 6. The molecule has 1 saturated heterocycles. The van der Waals surface area contributed by atoms with E-state index in [2.05, 4.69) is 24.2 Å². The van der Waals surface area contributed by atoms with Gasteiger partial charge in [0.15, 0.2) is 11.9 Å². The van der Waals surface area contributed by atoms with Crippen molar-refractivity contribution in [3.05, 3.63) is 36.8 Å². The molecule has 0 amide bonds. The van der Waals surface area contributed by atoms with Gasteiger partial charge in [-0.05, 0) is 6.07 Å². The Labute approximate surface area is 186 Å².